The van der Waals surface area contributed by atoms with Crippen molar-refractivity contribution in [2.45, 2.75) is 35.5 Å². The summed E-state index contributed by atoms with van der Waals surface area (Å²) < 4.78 is 31.1. The minimum atomic E-state index is -3.46. The molecule has 0 radical (unpaired) electrons. The average Bonchev–Trinajstić information content (AvgIpc) is 3.01. The van der Waals surface area contributed by atoms with Crippen LogP contribution in [-0.4, -0.2) is 30.1 Å². The first-order valence-electron chi connectivity index (χ1n) is 8.10. The number of hydrogen-bond donors (Lipinski definition) is 2. The molecule has 1 heterocycles. The van der Waals surface area contributed by atoms with Gasteiger partial charge >= 0.3 is 0 Å². The molecule has 1 aromatic heterocycles. The molecular formula is C18H21N3O3S2. The van der Waals surface area contributed by atoms with Crippen LogP contribution in [0, 0.1) is 0 Å². The smallest absolute Gasteiger partial charge is 0.180 e. The van der Waals surface area contributed by atoms with Crippen LogP contribution in [0.2, 0.25) is 0 Å². The van der Waals surface area contributed by atoms with Crippen LogP contribution in [0.25, 0.3) is 10.9 Å². The molecule has 8 heteroatoms. The minimum Gasteiger partial charge on any atom is -0.487 e. The van der Waals surface area contributed by atoms with Crippen LogP contribution in [0.1, 0.15) is 19.4 Å². The van der Waals surface area contributed by atoms with Gasteiger partial charge in [0.15, 0.2) is 15.7 Å². The summed E-state index contributed by atoms with van der Waals surface area (Å²) in [6.45, 7) is 3.60. The molecule has 3 rings (SSSR count). The zero-order valence-corrected chi connectivity index (χ0v) is 16.4. The number of H-pyrrole nitrogens is 1. The van der Waals surface area contributed by atoms with Crippen LogP contribution in [0.3, 0.4) is 0 Å². The highest BCUT2D eigenvalue weighted by Gasteiger charge is 2.23. The van der Waals surface area contributed by atoms with Crippen LogP contribution >= 0.6 is 11.8 Å². The number of rotatable bonds is 6. The molecule has 0 spiro atoms. The van der Waals surface area contributed by atoms with Gasteiger partial charge in [0.2, 0.25) is 0 Å². The zero-order chi connectivity index (χ0) is 18.9. The number of sulfone groups is 1. The van der Waals surface area contributed by atoms with E-state index in [2.05, 4.69) is 10.2 Å². The number of hydrogen-bond acceptors (Lipinski definition) is 6. The number of thioether (sulfide) groups is 1. The lowest BCUT2D eigenvalue weighted by molar-refractivity contribution is 0.308. The Labute approximate surface area is 157 Å². The summed E-state index contributed by atoms with van der Waals surface area (Å²) in [4.78, 5) is 1.35. The molecule has 0 saturated heterocycles. The topological polar surface area (TPSA) is 98.1 Å². The normalized spacial score (nSPS) is 12.0. The molecule has 26 heavy (non-hydrogen) atoms. The zero-order valence-electron chi connectivity index (χ0n) is 14.8. The first kappa shape index (κ1) is 18.6. The SMILES string of the molecule is CSc1ccc(COc2cc(S(=O)(=O)C(C)C)cc3c(N)n[nH]c23)cc1. The lowest BCUT2D eigenvalue weighted by Gasteiger charge is -2.12. The maximum absolute atomic E-state index is 12.6. The number of fused-ring (bicyclic) bond motifs is 1. The van der Waals surface area contributed by atoms with E-state index in [0.717, 1.165) is 5.56 Å². The van der Waals surface area contributed by atoms with E-state index in [1.165, 1.54) is 11.0 Å². The Balaban J connectivity index is 1.98. The molecule has 0 fully saturated rings. The van der Waals surface area contributed by atoms with Crippen LogP contribution in [0.5, 0.6) is 5.75 Å². The Morgan fingerprint density at radius 2 is 1.92 bits per heavy atom. The molecule has 2 aromatic carbocycles. The van der Waals surface area contributed by atoms with Crippen LogP contribution in [0.15, 0.2) is 46.2 Å². The van der Waals surface area contributed by atoms with Gasteiger partial charge in [0.1, 0.15) is 17.9 Å². The summed E-state index contributed by atoms with van der Waals surface area (Å²) in [5, 5.41) is 6.80. The fraction of sp³-hybridized carbons (Fsp3) is 0.278. The Hall–Kier alpha value is -2.19. The van der Waals surface area contributed by atoms with E-state index in [9.17, 15) is 8.42 Å². The van der Waals surface area contributed by atoms with E-state index < -0.39 is 15.1 Å². The van der Waals surface area contributed by atoms with Crippen molar-refractivity contribution in [1.82, 2.24) is 10.2 Å². The number of nitrogen functional groups attached to an aromatic ring is 1. The van der Waals surface area contributed by atoms with Gasteiger partial charge in [-0.1, -0.05) is 12.1 Å². The van der Waals surface area contributed by atoms with Crippen molar-refractivity contribution in [1.29, 1.82) is 0 Å². The van der Waals surface area contributed by atoms with E-state index >= 15 is 0 Å². The molecule has 3 aromatic rings. The summed E-state index contributed by atoms with van der Waals surface area (Å²) in [6, 6.07) is 11.1. The summed E-state index contributed by atoms with van der Waals surface area (Å²) in [5.41, 5.74) is 7.45. The van der Waals surface area contributed by atoms with E-state index in [1.54, 1.807) is 31.7 Å². The minimum absolute atomic E-state index is 0.181. The van der Waals surface area contributed by atoms with E-state index in [1.807, 2.05) is 30.5 Å². The Morgan fingerprint density at radius 1 is 1.23 bits per heavy atom. The van der Waals surface area contributed by atoms with Gasteiger partial charge in [-0.2, -0.15) is 5.10 Å². The van der Waals surface area contributed by atoms with Crippen molar-refractivity contribution in [2.75, 3.05) is 12.0 Å². The molecule has 0 aliphatic rings. The lowest BCUT2D eigenvalue weighted by atomic mass is 10.2. The van der Waals surface area contributed by atoms with Gasteiger partial charge in [0.05, 0.1) is 10.1 Å². The number of nitrogens with two attached hydrogens (primary N) is 1. The number of aromatic amines is 1. The molecule has 138 valence electrons. The summed E-state index contributed by atoms with van der Waals surface area (Å²) in [5.74, 6) is 0.662. The summed E-state index contributed by atoms with van der Waals surface area (Å²) in [6.07, 6.45) is 2.02. The number of anilines is 1. The van der Waals surface area contributed by atoms with Crippen molar-refractivity contribution in [3.63, 3.8) is 0 Å². The third-order valence-electron chi connectivity index (χ3n) is 4.14. The van der Waals surface area contributed by atoms with Crippen molar-refractivity contribution < 1.29 is 13.2 Å². The molecule has 0 aliphatic heterocycles. The number of nitrogens with one attached hydrogen (secondary N) is 1. The van der Waals surface area contributed by atoms with Gasteiger partial charge in [-0.3, -0.25) is 5.10 Å². The highest BCUT2D eigenvalue weighted by atomic mass is 32.2. The number of nitrogens with zero attached hydrogens (tertiary/aromatic N) is 1. The quantitative estimate of drug-likeness (QED) is 0.623. The number of benzene rings is 2. The molecular weight excluding hydrogens is 370 g/mol. The van der Waals surface area contributed by atoms with Gasteiger partial charge in [0.25, 0.3) is 0 Å². The third kappa shape index (κ3) is 3.52. The van der Waals surface area contributed by atoms with Crippen molar-refractivity contribution >= 4 is 38.3 Å². The Kier molecular flexibility index (Phi) is 5.15. The molecule has 0 unspecified atom stereocenters. The molecule has 0 amide bonds. The van der Waals surface area contributed by atoms with Crippen molar-refractivity contribution in [2.24, 2.45) is 0 Å². The van der Waals surface area contributed by atoms with Crippen LogP contribution in [0.4, 0.5) is 5.82 Å². The molecule has 0 bridgehead atoms. The summed E-state index contributed by atoms with van der Waals surface area (Å²) in [7, 11) is -3.46. The predicted octanol–water partition coefficient (Wildman–Crippen LogP) is 3.63. The molecule has 0 atom stereocenters. The van der Waals surface area contributed by atoms with Gasteiger partial charge in [0, 0.05) is 16.3 Å². The number of ether oxygens (including phenoxy) is 1. The van der Waals surface area contributed by atoms with Gasteiger partial charge < -0.3 is 10.5 Å². The first-order chi connectivity index (χ1) is 12.3. The fourth-order valence-electron chi connectivity index (χ4n) is 2.52. The molecule has 0 saturated carbocycles. The molecule has 0 aliphatic carbocycles. The Morgan fingerprint density at radius 3 is 2.54 bits per heavy atom. The predicted molar refractivity (Wildman–Crippen MR) is 105 cm³/mol. The van der Waals surface area contributed by atoms with E-state index in [4.69, 9.17) is 10.5 Å². The standard InChI is InChI=1S/C18H21N3O3S2/c1-11(2)26(22,23)14-8-15-17(20-21-18(15)19)16(9-14)24-10-12-4-6-13(25-3)7-5-12/h4-9,11H,10H2,1-3H3,(H3,19,20,21). The molecule has 3 N–H and O–H groups in total. The van der Waals surface area contributed by atoms with E-state index in [0.29, 0.717) is 23.3 Å². The van der Waals surface area contributed by atoms with Gasteiger partial charge in [-0.15, -0.1) is 11.8 Å². The number of aromatic nitrogens is 2. The second-order valence-electron chi connectivity index (χ2n) is 6.18. The lowest BCUT2D eigenvalue weighted by Crippen LogP contribution is -2.14. The third-order valence-corrected chi connectivity index (χ3v) is 7.02. The van der Waals surface area contributed by atoms with Crippen molar-refractivity contribution in [3.05, 3.63) is 42.0 Å². The largest absolute Gasteiger partial charge is 0.487 e. The first-order valence-corrected chi connectivity index (χ1v) is 10.9. The second-order valence-corrected chi connectivity index (χ2v) is 9.57. The highest BCUT2D eigenvalue weighted by molar-refractivity contribution is 7.98. The van der Waals surface area contributed by atoms with Crippen LogP contribution < -0.4 is 10.5 Å². The molecule has 6 nitrogen and oxygen atoms in total. The average molecular weight is 392 g/mol. The Bertz CT molecular complexity index is 1030. The summed E-state index contributed by atoms with van der Waals surface area (Å²) >= 11 is 1.67. The highest BCUT2D eigenvalue weighted by Crippen LogP contribution is 2.33. The fourth-order valence-corrected chi connectivity index (χ4v) is 4.02. The van der Waals surface area contributed by atoms with Gasteiger partial charge in [-0.05, 0) is 43.9 Å². The van der Waals surface area contributed by atoms with Crippen LogP contribution in [-0.2, 0) is 16.4 Å². The maximum Gasteiger partial charge on any atom is 0.180 e. The van der Waals surface area contributed by atoms with Gasteiger partial charge in [-0.25, -0.2) is 8.42 Å². The van der Waals surface area contributed by atoms with E-state index in [-0.39, 0.29) is 10.7 Å². The second kappa shape index (κ2) is 7.20. The monoisotopic (exact) mass is 391 g/mol. The maximum atomic E-state index is 12.6. The van der Waals surface area contributed by atoms with Crippen molar-refractivity contribution in [3.8, 4) is 5.75 Å².